The zero-order valence-electron chi connectivity index (χ0n) is 18.8. The van der Waals surface area contributed by atoms with Gasteiger partial charge in [0, 0.05) is 24.8 Å². The Labute approximate surface area is 196 Å². The van der Waals surface area contributed by atoms with Crippen molar-refractivity contribution in [3.05, 3.63) is 83.4 Å². The minimum atomic E-state index is -0.532. The van der Waals surface area contributed by atoms with E-state index in [9.17, 15) is 14.4 Å². The number of aromatic nitrogens is 2. The number of methoxy groups -OCH3 is 1. The second kappa shape index (κ2) is 12.0. The van der Waals surface area contributed by atoms with E-state index in [1.807, 2.05) is 24.3 Å². The number of nitrogens with one attached hydrogen (secondary N) is 3. The summed E-state index contributed by atoms with van der Waals surface area (Å²) in [4.78, 5) is 44.3. The quantitative estimate of drug-likeness (QED) is 0.445. The first-order valence-corrected chi connectivity index (χ1v) is 10.5. The summed E-state index contributed by atoms with van der Waals surface area (Å²) in [7, 11) is 1.57. The molecule has 0 radical (unpaired) electrons. The highest BCUT2D eigenvalue weighted by Gasteiger charge is 2.13. The van der Waals surface area contributed by atoms with Crippen LogP contribution in [0.1, 0.15) is 39.0 Å². The standard InChI is InChI=1S/C24H25N5O5/c1-3-34-24(32)29-18-9-7-16(8-10-18)13-25-22(30)20-12-21(28-15-27-20)23(31)26-14-17-5-4-6-19(11-17)33-2/h4-12,15H,3,13-14H2,1-2H3,(H,25,30)(H,26,31)(H,29,32). The van der Waals surface area contributed by atoms with Crippen LogP contribution in [0.15, 0.2) is 60.9 Å². The third kappa shape index (κ3) is 7.02. The predicted molar refractivity (Wildman–Crippen MR) is 124 cm³/mol. The molecule has 1 heterocycles. The Morgan fingerprint density at radius 1 is 0.853 bits per heavy atom. The molecule has 34 heavy (non-hydrogen) atoms. The summed E-state index contributed by atoms with van der Waals surface area (Å²) in [6.07, 6.45) is 0.640. The number of anilines is 1. The first kappa shape index (κ1) is 24.2. The van der Waals surface area contributed by atoms with Crippen molar-refractivity contribution < 1.29 is 23.9 Å². The average molecular weight is 463 g/mol. The SMILES string of the molecule is CCOC(=O)Nc1ccc(CNC(=O)c2cc(C(=O)NCc3cccc(OC)c3)ncn2)cc1. The van der Waals surface area contributed by atoms with Gasteiger partial charge in [0.25, 0.3) is 11.8 Å². The van der Waals surface area contributed by atoms with E-state index in [-0.39, 0.29) is 31.1 Å². The van der Waals surface area contributed by atoms with E-state index in [1.165, 1.54) is 12.4 Å². The molecule has 0 fully saturated rings. The minimum Gasteiger partial charge on any atom is -0.497 e. The number of benzene rings is 2. The van der Waals surface area contributed by atoms with E-state index in [0.717, 1.165) is 11.1 Å². The fourth-order valence-electron chi connectivity index (χ4n) is 2.92. The molecule has 0 aliphatic carbocycles. The second-order valence-corrected chi connectivity index (χ2v) is 7.05. The van der Waals surface area contributed by atoms with Crippen LogP contribution in [-0.4, -0.2) is 41.6 Å². The molecule has 3 N–H and O–H groups in total. The number of rotatable bonds is 9. The van der Waals surface area contributed by atoms with Crippen molar-refractivity contribution in [2.45, 2.75) is 20.0 Å². The van der Waals surface area contributed by atoms with E-state index in [4.69, 9.17) is 9.47 Å². The Bertz CT molecular complexity index is 1150. The molecule has 2 aromatic carbocycles. The third-order valence-electron chi connectivity index (χ3n) is 4.65. The highest BCUT2D eigenvalue weighted by molar-refractivity contribution is 5.97. The molecule has 0 spiro atoms. The maximum atomic E-state index is 12.5. The number of ether oxygens (including phenoxy) is 2. The maximum absolute atomic E-state index is 12.5. The topological polar surface area (TPSA) is 132 Å². The number of amides is 3. The number of nitrogens with zero attached hydrogens (tertiary/aromatic N) is 2. The van der Waals surface area contributed by atoms with Gasteiger partial charge in [0.2, 0.25) is 0 Å². The summed E-state index contributed by atoms with van der Waals surface area (Å²) < 4.78 is 10.00. The van der Waals surface area contributed by atoms with E-state index < -0.39 is 17.9 Å². The van der Waals surface area contributed by atoms with Crippen LogP contribution in [0.2, 0.25) is 0 Å². The number of carbonyl (C=O) groups excluding carboxylic acids is 3. The number of hydrogen-bond acceptors (Lipinski definition) is 7. The second-order valence-electron chi connectivity index (χ2n) is 7.05. The highest BCUT2D eigenvalue weighted by atomic mass is 16.5. The van der Waals surface area contributed by atoms with Crippen LogP contribution >= 0.6 is 0 Å². The van der Waals surface area contributed by atoms with Gasteiger partial charge in [0.15, 0.2) is 0 Å². The molecular formula is C24H25N5O5. The normalized spacial score (nSPS) is 10.2. The smallest absolute Gasteiger partial charge is 0.411 e. The van der Waals surface area contributed by atoms with Crippen molar-refractivity contribution in [1.82, 2.24) is 20.6 Å². The van der Waals surface area contributed by atoms with E-state index in [0.29, 0.717) is 11.4 Å². The predicted octanol–water partition coefficient (Wildman–Crippen LogP) is 2.91. The molecule has 3 rings (SSSR count). The maximum Gasteiger partial charge on any atom is 0.411 e. The molecule has 0 aliphatic rings. The van der Waals surface area contributed by atoms with Crippen LogP contribution in [0, 0.1) is 0 Å². The first-order chi connectivity index (χ1) is 16.5. The Morgan fingerprint density at radius 3 is 2.12 bits per heavy atom. The van der Waals surface area contributed by atoms with Gasteiger partial charge in [-0.25, -0.2) is 14.8 Å². The summed E-state index contributed by atoms with van der Waals surface area (Å²) in [6.45, 7) is 2.52. The molecule has 0 unspecified atom stereocenters. The van der Waals surface area contributed by atoms with Crippen molar-refractivity contribution in [2.24, 2.45) is 0 Å². The van der Waals surface area contributed by atoms with Crippen LogP contribution in [0.25, 0.3) is 0 Å². The van der Waals surface area contributed by atoms with Crippen molar-refractivity contribution in [2.75, 3.05) is 19.0 Å². The Morgan fingerprint density at radius 2 is 1.50 bits per heavy atom. The van der Waals surface area contributed by atoms with Gasteiger partial charge in [-0.05, 0) is 42.3 Å². The van der Waals surface area contributed by atoms with Gasteiger partial charge in [-0.15, -0.1) is 0 Å². The average Bonchev–Trinajstić information content (AvgIpc) is 2.87. The molecule has 3 amide bonds. The van der Waals surface area contributed by atoms with Crippen molar-refractivity contribution >= 4 is 23.6 Å². The highest BCUT2D eigenvalue weighted by Crippen LogP contribution is 2.13. The lowest BCUT2D eigenvalue weighted by Crippen LogP contribution is -2.27. The monoisotopic (exact) mass is 463 g/mol. The summed E-state index contributed by atoms with van der Waals surface area (Å²) >= 11 is 0. The molecule has 0 bridgehead atoms. The van der Waals surface area contributed by atoms with E-state index in [1.54, 1.807) is 38.3 Å². The van der Waals surface area contributed by atoms with Crippen molar-refractivity contribution in [1.29, 1.82) is 0 Å². The van der Waals surface area contributed by atoms with Crippen molar-refractivity contribution in [3.63, 3.8) is 0 Å². The zero-order valence-corrected chi connectivity index (χ0v) is 18.8. The van der Waals surface area contributed by atoms with Crippen LogP contribution < -0.4 is 20.7 Å². The molecule has 0 saturated heterocycles. The van der Waals surface area contributed by atoms with Gasteiger partial charge in [-0.1, -0.05) is 24.3 Å². The fourth-order valence-corrected chi connectivity index (χ4v) is 2.92. The summed E-state index contributed by atoms with van der Waals surface area (Å²) in [5.41, 5.74) is 2.41. The van der Waals surface area contributed by atoms with E-state index >= 15 is 0 Å². The molecule has 0 saturated carbocycles. The molecule has 3 aromatic rings. The lowest BCUT2D eigenvalue weighted by atomic mass is 10.2. The van der Waals surface area contributed by atoms with Crippen LogP contribution in [0.5, 0.6) is 5.75 Å². The zero-order chi connectivity index (χ0) is 24.3. The molecule has 10 heteroatoms. The summed E-state index contributed by atoms with van der Waals surface area (Å²) in [5.74, 6) is -0.181. The van der Waals surface area contributed by atoms with E-state index in [2.05, 4.69) is 25.9 Å². The third-order valence-corrected chi connectivity index (χ3v) is 4.65. The lowest BCUT2D eigenvalue weighted by molar-refractivity contribution is 0.0944. The van der Waals surface area contributed by atoms with Crippen molar-refractivity contribution in [3.8, 4) is 5.75 Å². The summed E-state index contributed by atoms with van der Waals surface area (Å²) in [6, 6.07) is 15.6. The first-order valence-electron chi connectivity index (χ1n) is 10.5. The van der Waals surface area contributed by atoms with Gasteiger partial charge in [0.1, 0.15) is 23.5 Å². The van der Waals surface area contributed by atoms with Crippen LogP contribution in [0.4, 0.5) is 10.5 Å². The number of carbonyl (C=O) groups is 3. The number of hydrogen-bond donors (Lipinski definition) is 3. The van der Waals surface area contributed by atoms with Gasteiger partial charge < -0.3 is 20.1 Å². The van der Waals surface area contributed by atoms with Gasteiger partial charge >= 0.3 is 6.09 Å². The Kier molecular flexibility index (Phi) is 8.50. The minimum absolute atomic E-state index is 0.0714. The summed E-state index contributed by atoms with van der Waals surface area (Å²) in [5, 5.41) is 8.10. The van der Waals surface area contributed by atoms with Gasteiger partial charge in [-0.3, -0.25) is 14.9 Å². The fraction of sp³-hybridized carbons (Fsp3) is 0.208. The molecule has 0 aliphatic heterocycles. The molecule has 176 valence electrons. The molecule has 0 atom stereocenters. The molecule has 1 aromatic heterocycles. The Balaban J connectivity index is 1.53. The largest absolute Gasteiger partial charge is 0.497 e. The van der Waals surface area contributed by atoms with Gasteiger partial charge in [-0.2, -0.15) is 0 Å². The lowest BCUT2D eigenvalue weighted by Gasteiger charge is -2.09. The Hall–Kier alpha value is -4.47. The van der Waals surface area contributed by atoms with Gasteiger partial charge in [0.05, 0.1) is 13.7 Å². The molecule has 10 nitrogen and oxygen atoms in total. The van der Waals surface area contributed by atoms with Crippen LogP contribution in [-0.2, 0) is 17.8 Å². The molecular weight excluding hydrogens is 438 g/mol. The van der Waals surface area contributed by atoms with Crippen LogP contribution in [0.3, 0.4) is 0 Å².